The molecule has 1 aromatic heterocycles. The van der Waals surface area contributed by atoms with E-state index >= 15 is 0 Å². The number of nitrogens with one attached hydrogen (secondary N) is 1. The van der Waals surface area contributed by atoms with E-state index in [1.807, 2.05) is 0 Å². The molecule has 2 N–H and O–H groups in total. The number of nitrogens with zero attached hydrogens (tertiary/aromatic N) is 3. The summed E-state index contributed by atoms with van der Waals surface area (Å²) in [7, 11) is 1.36. The minimum Gasteiger partial charge on any atom is -0.480 e. The predicted molar refractivity (Wildman–Crippen MR) is 120 cm³/mol. The third-order valence-corrected chi connectivity index (χ3v) is 5.26. The molecule has 0 aliphatic heterocycles. The van der Waals surface area contributed by atoms with Gasteiger partial charge in [0.1, 0.15) is 17.2 Å². The van der Waals surface area contributed by atoms with Crippen LogP contribution in [-0.2, 0) is 12.6 Å². The quantitative estimate of drug-likeness (QED) is 0.479. The van der Waals surface area contributed by atoms with Crippen LogP contribution in [0, 0.1) is 5.82 Å². The second-order valence-electron chi connectivity index (χ2n) is 8.17. The molecular formula is C22H21ClF4N4O4. The minimum absolute atomic E-state index is 0.00959. The van der Waals surface area contributed by atoms with Crippen LogP contribution in [0.5, 0.6) is 5.75 Å². The number of amides is 1. The highest BCUT2D eigenvalue weighted by Crippen LogP contribution is 2.31. The summed E-state index contributed by atoms with van der Waals surface area (Å²) in [6, 6.07) is 7.03. The van der Waals surface area contributed by atoms with Crippen molar-refractivity contribution in [1.82, 2.24) is 14.3 Å². The number of aromatic nitrogens is 3. The number of hydrogen-bond acceptors (Lipinski definition) is 5. The zero-order chi connectivity index (χ0) is 26.3. The van der Waals surface area contributed by atoms with E-state index in [2.05, 4.69) is 10.4 Å². The third-order valence-electron chi connectivity index (χ3n) is 4.95. The number of hydrogen-bond donors (Lipinski definition) is 2. The van der Waals surface area contributed by atoms with Gasteiger partial charge in [0.15, 0.2) is 11.9 Å². The second-order valence-corrected chi connectivity index (χ2v) is 8.58. The van der Waals surface area contributed by atoms with Crippen LogP contribution >= 0.6 is 11.6 Å². The number of aliphatic hydroxyl groups is 1. The molecule has 3 aromatic rings. The van der Waals surface area contributed by atoms with E-state index in [1.54, 1.807) is 0 Å². The largest absolute Gasteiger partial charge is 0.480 e. The fourth-order valence-electron chi connectivity index (χ4n) is 3.12. The van der Waals surface area contributed by atoms with Crippen LogP contribution in [0.3, 0.4) is 0 Å². The molecule has 13 heteroatoms. The molecule has 3 rings (SSSR count). The first kappa shape index (κ1) is 26.2. The van der Waals surface area contributed by atoms with Gasteiger partial charge in [0.2, 0.25) is 0 Å². The van der Waals surface area contributed by atoms with Gasteiger partial charge in [0, 0.05) is 13.1 Å². The summed E-state index contributed by atoms with van der Waals surface area (Å²) in [6.45, 7) is 3.54. The summed E-state index contributed by atoms with van der Waals surface area (Å²) >= 11 is 5.92. The molecule has 1 amide bonds. The van der Waals surface area contributed by atoms with Gasteiger partial charge in [0.25, 0.3) is 5.91 Å². The lowest BCUT2D eigenvalue weighted by atomic mass is 10.1. The van der Waals surface area contributed by atoms with Gasteiger partial charge in [-0.3, -0.25) is 9.36 Å². The molecule has 8 nitrogen and oxygen atoms in total. The summed E-state index contributed by atoms with van der Waals surface area (Å²) in [5, 5.41) is 16.4. The topological polar surface area (TPSA) is 98.4 Å². The molecule has 188 valence electrons. The summed E-state index contributed by atoms with van der Waals surface area (Å²) in [4.78, 5) is 25.5. The van der Waals surface area contributed by atoms with Gasteiger partial charge in [0.05, 0.1) is 22.0 Å². The predicted octanol–water partition coefficient (Wildman–Crippen LogP) is 4.17. The SMILES string of the molecule is C[C@H](Oc1cc(-n2nc(C(C)(C)O)n(C)c2=O)ccc1C(=O)Nc1c(F)cccc1Cl)C(F)(F)F. The molecule has 0 aliphatic rings. The lowest BCUT2D eigenvalue weighted by molar-refractivity contribution is -0.189. The van der Waals surface area contributed by atoms with E-state index in [0.29, 0.717) is 0 Å². The number of rotatable bonds is 6. The Morgan fingerprint density at radius 3 is 2.43 bits per heavy atom. The number of para-hydroxylation sites is 1. The number of carbonyl (C=O) groups is 1. The van der Waals surface area contributed by atoms with Crippen molar-refractivity contribution in [3.63, 3.8) is 0 Å². The molecule has 0 saturated carbocycles. The first-order valence-electron chi connectivity index (χ1n) is 10.1. The van der Waals surface area contributed by atoms with Gasteiger partial charge in [-0.2, -0.15) is 17.9 Å². The van der Waals surface area contributed by atoms with Crippen LogP contribution in [0.4, 0.5) is 23.2 Å². The van der Waals surface area contributed by atoms with Crippen molar-refractivity contribution < 1.29 is 32.2 Å². The fraction of sp³-hybridized carbons (Fsp3) is 0.318. The van der Waals surface area contributed by atoms with E-state index < -0.39 is 41.0 Å². The Morgan fingerprint density at radius 2 is 1.89 bits per heavy atom. The number of benzene rings is 2. The highest BCUT2D eigenvalue weighted by molar-refractivity contribution is 6.34. The van der Waals surface area contributed by atoms with Gasteiger partial charge in [-0.15, -0.1) is 5.10 Å². The maximum absolute atomic E-state index is 14.1. The summed E-state index contributed by atoms with van der Waals surface area (Å²) in [6.07, 6.45) is -7.09. The van der Waals surface area contributed by atoms with Crippen LogP contribution in [0.25, 0.3) is 5.69 Å². The summed E-state index contributed by atoms with van der Waals surface area (Å²) < 4.78 is 60.7. The second kappa shape index (κ2) is 9.34. The molecule has 0 aliphatic carbocycles. The normalized spacial score (nSPS) is 13.0. The van der Waals surface area contributed by atoms with Crippen molar-refractivity contribution in [2.75, 3.05) is 5.32 Å². The van der Waals surface area contributed by atoms with E-state index in [9.17, 15) is 32.3 Å². The highest BCUT2D eigenvalue weighted by atomic mass is 35.5. The lowest BCUT2D eigenvalue weighted by Crippen LogP contribution is -2.32. The Labute approximate surface area is 201 Å². The molecule has 0 spiro atoms. The Kier molecular flexibility index (Phi) is 7.00. The van der Waals surface area contributed by atoms with Crippen molar-refractivity contribution in [1.29, 1.82) is 0 Å². The molecule has 0 bridgehead atoms. The fourth-order valence-corrected chi connectivity index (χ4v) is 3.33. The minimum atomic E-state index is -4.77. The van der Waals surface area contributed by atoms with Crippen molar-refractivity contribution in [2.45, 2.75) is 38.7 Å². The van der Waals surface area contributed by atoms with Crippen LogP contribution in [0.15, 0.2) is 41.2 Å². The highest BCUT2D eigenvalue weighted by Gasteiger charge is 2.39. The van der Waals surface area contributed by atoms with Crippen LogP contribution in [0.1, 0.15) is 37.0 Å². The Morgan fingerprint density at radius 1 is 1.23 bits per heavy atom. The Bertz CT molecular complexity index is 1310. The number of ether oxygens (including phenoxy) is 1. The monoisotopic (exact) mass is 516 g/mol. The average Bonchev–Trinajstić information content (AvgIpc) is 3.05. The molecule has 0 fully saturated rings. The van der Waals surface area contributed by atoms with Gasteiger partial charge in [-0.1, -0.05) is 17.7 Å². The first-order valence-corrected chi connectivity index (χ1v) is 10.5. The van der Waals surface area contributed by atoms with Crippen LogP contribution in [0.2, 0.25) is 5.02 Å². The molecule has 0 unspecified atom stereocenters. The van der Waals surface area contributed by atoms with Crippen molar-refractivity contribution in [3.05, 3.63) is 69.1 Å². The molecule has 1 heterocycles. The smallest absolute Gasteiger partial charge is 0.425 e. The van der Waals surface area contributed by atoms with E-state index in [4.69, 9.17) is 16.3 Å². The van der Waals surface area contributed by atoms with E-state index in [-0.39, 0.29) is 27.8 Å². The maximum atomic E-state index is 14.1. The zero-order valence-electron chi connectivity index (χ0n) is 18.9. The average molecular weight is 517 g/mol. The third kappa shape index (κ3) is 5.49. The van der Waals surface area contributed by atoms with Gasteiger partial charge >= 0.3 is 11.9 Å². The zero-order valence-corrected chi connectivity index (χ0v) is 19.7. The molecule has 0 radical (unpaired) electrons. The molecule has 0 saturated heterocycles. The summed E-state index contributed by atoms with van der Waals surface area (Å²) in [5.41, 5.74) is -2.98. The Hall–Kier alpha value is -3.38. The van der Waals surface area contributed by atoms with Gasteiger partial charge in [-0.05, 0) is 45.0 Å². The Balaban J connectivity index is 2.11. The van der Waals surface area contributed by atoms with E-state index in [0.717, 1.165) is 34.4 Å². The van der Waals surface area contributed by atoms with Crippen molar-refractivity contribution in [2.24, 2.45) is 7.05 Å². The van der Waals surface area contributed by atoms with Crippen LogP contribution in [-0.4, -0.2) is 37.6 Å². The maximum Gasteiger partial charge on any atom is 0.425 e. The van der Waals surface area contributed by atoms with Gasteiger partial charge < -0.3 is 15.2 Å². The van der Waals surface area contributed by atoms with Gasteiger partial charge in [-0.25, -0.2) is 9.18 Å². The standard InChI is InChI=1S/C22H21ClF4N4O4/c1-11(22(25,26)27)35-16-10-12(31-20(33)30(4)19(29-31)21(2,3)34)8-9-13(16)18(32)28-17-14(23)6-5-7-15(17)24/h5-11,34H,1-4H3,(H,28,32)/t11-/m0/s1. The lowest BCUT2D eigenvalue weighted by Gasteiger charge is -2.20. The number of alkyl halides is 3. The number of halogens is 5. The van der Waals surface area contributed by atoms with Crippen molar-refractivity contribution >= 4 is 23.2 Å². The number of anilines is 1. The molecular weight excluding hydrogens is 496 g/mol. The van der Waals surface area contributed by atoms with E-state index in [1.165, 1.54) is 39.1 Å². The molecule has 35 heavy (non-hydrogen) atoms. The molecule has 1 atom stereocenters. The van der Waals surface area contributed by atoms with Crippen molar-refractivity contribution in [3.8, 4) is 11.4 Å². The molecule has 2 aromatic carbocycles. The number of carbonyl (C=O) groups excluding carboxylic acids is 1. The first-order chi connectivity index (χ1) is 16.1. The van der Waals surface area contributed by atoms with Crippen LogP contribution < -0.4 is 15.7 Å². The summed E-state index contributed by atoms with van der Waals surface area (Å²) in [5.74, 6) is -2.41.